The summed E-state index contributed by atoms with van der Waals surface area (Å²) in [6.45, 7) is 4.68. The molecule has 4 N–H and O–H groups in total. The smallest absolute Gasteiger partial charge is 0.475 e. The molecular weight excluding hydrogens is 501 g/mol. The number of imidazole rings is 1. The van der Waals surface area contributed by atoms with Gasteiger partial charge in [-0.1, -0.05) is 0 Å². The second kappa shape index (κ2) is 10.5. The zero-order valence-corrected chi connectivity index (χ0v) is 19.8. The van der Waals surface area contributed by atoms with Crippen LogP contribution in [0, 0.1) is 11.6 Å². The molecule has 0 bridgehead atoms. The fraction of sp³-hybridized carbons (Fsp3) is 0.292. The number of aromatic nitrogens is 2. The Hall–Kier alpha value is -4.00. The number of carbonyl (C=O) groups is 2. The molecule has 0 atom stereocenters. The Balaban J connectivity index is 0.000000479. The third-order valence-electron chi connectivity index (χ3n) is 5.56. The number of carboxylic acid groups (broad SMARTS) is 1. The molecule has 8 nitrogen and oxygen atoms in total. The third-order valence-corrected chi connectivity index (χ3v) is 5.56. The Morgan fingerprint density at radius 1 is 1.05 bits per heavy atom. The van der Waals surface area contributed by atoms with E-state index >= 15 is 0 Å². The fourth-order valence-corrected chi connectivity index (χ4v) is 3.76. The molecule has 0 spiro atoms. The summed E-state index contributed by atoms with van der Waals surface area (Å²) < 4.78 is 60.6. The van der Waals surface area contributed by atoms with Gasteiger partial charge in [0.05, 0.1) is 18.6 Å². The summed E-state index contributed by atoms with van der Waals surface area (Å²) in [6, 6.07) is 12.1. The lowest BCUT2D eigenvalue weighted by atomic mass is 9.99. The van der Waals surface area contributed by atoms with Crippen molar-refractivity contribution in [1.82, 2.24) is 14.5 Å². The molecule has 0 saturated carbocycles. The number of nitrogens with one attached hydrogen (secondary N) is 1. The topological polar surface area (TPSA) is 113 Å². The van der Waals surface area contributed by atoms with Gasteiger partial charge in [-0.3, -0.25) is 4.79 Å². The Labute approximate surface area is 208 Å². The lowest BCUT2D eigenvalue weighted by Crippen LogP contribution is -2.55. The maximum absolute atomic E-state index is 13.5. The zero-order valence-electron chi connectivity index (χ0n) is 19.8. The summed E-state index contributed by atoms with van der Waals surface area (Å²) in [6.07, 6.45) is -5.08. The van der Waals surface area contributed by atoms with E-state index in [-0.39, 0.29) is 24.1 Å². The molecule has 1 aliphatic rings. The van der Waals surface area contributed by atoms with Crippen LogP contribution in [0.4, 0.5) is 33.5 Å². The number of hydrogen-bond acceptors (Lipinski definition) is 5. The van der Waals surface area contributed by atoms with Crippen molar-refractivity contribution in [2.45, 2.75) is 38.7 Å². The molecule has 3 aromatic rings. The number of nitrogens with two attached hydrogens (primary N) is 1. The Bertz CT molecular complexity index is 1270. The van der Waals surface area contributed by atoms with Crippen LogP contribution in [0.25, 0.3) is 11.3 Å². The van der Waals surface area contributed by atoms with Crippen LogP contribution in [0.2, 0.25) is 0 Å². The molecule has 1 aromatic heterocycles. The molecule has 13 heteroatoms. The second-order valence-electron chi connectivity index (χ2n) is 8.75. The van der Waals surface area contributed by atoms with E-state index in [2.05, 4.69) is 5.32 Å². The van der Waals surface area contributed by atoms with Crippen molar-refractivity contribution in [3.05, 3.63) is 66.0 Å². The summed E-state index contributed by atoms with van der Waals surface area (Å²) >= 11 is 0. The van der Waals surface area contributed by atoms with Gasteiger partial charge in [-0.15, -0.1) is 0 Å². The van der Waals surface area contributed by atoms with Gasteiger partial charge in [-0.25, -0.2) is 18.6 Å². The van der Waals surface area contributed by atoms with Crippen molar-refractivity contribution >= 4 is 23.4 Å². The van der Waals surface area contributed by atoms with Crippen LogP contribution in [0.1, 0.15) is 19.7 Å². The summed E-state index contributed by atoms with van der Waals surface area (Å²) in [5.41, 5.74) is 7.18. The van der Waals surface area contributed by atoms with Crippen molar-refractivity contribution < 1.29 is 36.6 Å². The van der Waals surface area contributed by atoms with Crippen molar-refractivity contribution in [1.29, 1.82) is 0 Å². The molecule has 0 fully saturated rings. The van der Waals surface area contributed by atoms with E-state index in [0.29, 0.717) is 36.1 Å². The van der Waals surface area contributed by atoms with Gasteiger partial charge in [0, 0.05) is 17.8 Å². The van der Waals surface area contributed by atoms with Gasteiger partial charge >= 0.3 is 12.1 Å². The molecule has 0 unspecified atom stereocenters. The number of halogens is 5. The van der Waals surface area contributed by atoms with E-state index in [4.69, 9.17) is 20.6 Å². The molecular formula is C24H24F5N5O3. The van der Waals surface area contributed by atoms with Crippen molar-refractivity contribution in [3.63, 3.8) is 0 Å². The van der Waals surface area contributed by atoms with E-state index in [0.717, 1.165) is 5.56 Å². The maximum atomic E-state index is 13.5. The Morgan fingerprint density at radius 2 is 1.57 bits per heavy atom. The molecule has 2 aromatic carbocycles. The number of carbonyl (C=O) groups excluding carboxylic acids is 1. The number of benzene rings is 2. The first kappa shape index (κ1) is 27.6. The standard InChI is InChI=1S/C22H23F2N5O.C2HF3O2/c1-22(2)13-28-18(12-29(22)19(30)11-25)27-20(14-3-5-15(23)6-4-14)21(28)26-17-9-7-16(24)8-10-17;3-2(4,5)1(6)7/h3-10,26H,11-13,25H2,1-2H3;(H,6,7). The highest BCUT2D eigenvalue weighted by molar-refractivity contribution is 5.80. The van der Waals surface area contributed by atoms with E-state index < -0.39 is 17.7 Å². The van der Waals surface area contributed by atoms with Crippen LogP contribution >= 0.6 is 0 Å². The van der Waals surface area contributed by atoms with Crippen LogP contribution in [-0.2, 0) is 22.7 Å². The molecule has 198 valence electrons. The number of hydrogen-bond donors (Lipinski definition) is 3. The van der Waals surface area contributed by atoms with Gasteiger partial charge < -0.3 is 25.6 Å². The minimum Gasteiger partial charge on any atom is -0.475 e. The summed E-state index contributed by atoms with van der Waals surface area (Å²) in [7, 11) is 0. The van der Waals surface area contributed by atoms with Crippen LogP contribution in [0.3, 0.4) is 0 Å². The number of anilines is 2. The Kier molecular flexibility index (Phi) is 7.86. The second-order valence-corrected chi connectivity index (χ2v) is 8.75. The highest BCUT2D eigenvalue weighted by Gasteiger charge is 2.39. The van der Waals surface area contributed by atoms with Crippen LogP contribution in [0.15, 0.2) is 48.5 Å². The monoisotopic (exact) mass is 525 g/mol. The number of alkyl halides is 3. The van der Waals surface area contributed by atoms with Gasteiger partial charge in [-0.05, 0) is 62.4 Å². The fourth-order valence-electron chi connectivity index (χ4n) is 3.76. The summed E-state index contributed by atoms with van der Waals surface area (Å²) in [4.78, 5) is 27.8. The molecule has 0 radical (unpaired) electrons. The van der Waals surface area contributed by atoms with Crippen molar-refractivity contribution in [2.24, 2.45) is 5.73 Å². The molecule has 4 rings (SSSR count). The lowest BCUT2D eigenvalue weighted by Gasteiger charge is -2.42. The van der Waals surface area contributed by atoms with Crippen molar-refractivity contribution in [3.8, 4) is 11.3 Å². The SMILES string of the molecule is CC1(C)Cn2c(nc(-c3ccc(F)cc3)c2Nc2ccc(F)cc2)CN1C(=O)CN.O=C(O)C(F)(F)F. The Morgan fingerprint density at radius 3 is 2.05 bits per heavy atom. The number of fused-ring (bicyclic) bond motifs is 1. The molecule has 1 aliphatic heterocycles. The van der Waals surface area contributed by atoms with Gasteiger partial charge in [0.1, 0.15) is 29.0 Å². The number of rotatable bonds is 4. The zero-order chi connectivity index (χ0) is 27.5. The lowest BCUT2D eigenvalue weighted by molar-refractivity contribution is -0.192. The van der Waals surface area contributed by atoms with Gasteiger partial charge in [0.2, 0.25) is 5.91 Å². The first-order valence-electron chi connectivity index (χ1n) is 10.9. The third kappa shape index (κ3) is 6.42. The van der Waals surface area contributed by atoms with E-state index in [1.165, 1.54) is 24.3 Å². The van der Waals surface area contributed by atoms with Gasteiger partial charge in [-0.2, -0.15) is 13.2 Å². The number of aliphatic carboxylic acids is 1. The molecule has 0 saturated heterocycles. The summed E-state index contributed by atoms with van der Waals surface area (Å²) in [5.74, 6) is -2.17. The van der Waals surface area contributed by atoms with Crippen LogP contribution < -0.4 is 11.1 Å². The predicted octanol–water partition coefficient (Wildman–Crippen LogP) is 4.28. The highest BCUT2D eigenvalue weighted by Crippen LogP contribution is 2.37. The van der Waals surface area contributed by atoms with Crippen molar-refractivity contribution in [2.75, 3.05) is 11.9 Å². The first-order chi connectivity index (χ1) is 17.2. The van der Waals surface area contributed by atoms with E-state index in [1.807, 2.05) is 18.4 Å². The molecule has 2 heterocycles. The van der Waals surface area contributed by atoms with E-state index in [9.17, 15) is 26.7 Å². The van der Waals surface area contributed by atoms with Gasteiger partial charge in [0.25, 0.3) is 0 Å². The number of carboxylic acids is 1. The normalized spacial score (nSPS) is 14.3. The quantitative estimate of drug-likeness (QED) is 0.438. The maximum Gasteiger partial charge on any atom is 0.490 e. The average Bonchev–Trinajstić information content (AvgIpc) is 3.15. The molecule has 37 heavy (non-hydrogen) atoms. The molecule has 0 aliphatic carbocycles. The first-order valence-corrected chi connectivity index (χ1v) is 10.9. The van der Waals surface area contributed by atoms with Crippen LogP contribution in [0.5, 0.6) is 0 Å². The van der Waals surface area contributed by atoms with Crippen LogP contribution in [-0.4, -0.2) is 49.7 Å². The average molecular weight is 525 g/mol. The minimum atomic E-state index is -5.08. The number of amides is 1. The number of nitrogens with zero attached hydrogens (tertiary/aromatic N) is 3. The molecule has 1 amide bonds. The predicted molar refractivity (Wildman–Crippen MR) is 125 cm³/mol. The van der Waals surface area contributed by atoms with E-state index in [1.54, 1.807) is 29.2 Å². The minimum absolute atomic E-state index is 0.0738. The highest BCUT2D eigenvalue weighted by atomic mass is 19.4. The summed E-state index contributed by atoms with van der Waals surface area (Å²) in [5, 5.41) is 10.5. The van der Waals surface area contributed by atoms with Gasteiger partial charge in [0.15, 0.2) is 0 Å². The largest absolute Gasteiger partial charge is 0.490 e.